The molecule has 0 spiro atoms. The number of nitrogens with two attached hydrogens (primary N) is 1. The van der Waals surface area contributed by atoms with Crippen LogP contribution in [0.3, 0.4) is 0 Å². The van der Waals surface area contributed by atoms with E-state index in [-0.39, 0.29) is 0 Å². The summed E-state index contributed by atoms with van der Waals surface area (Å²) in [6.45, 7) is 7.85. The number of benzene rings is 1. The molecule has 0 saturated carbocycles. The van der Waals surface area contributed by atoms with Gasteiger partial charge in [0.2, 0.25) is 0 Å². The van der Waals surface area contributed by atoms with Gasteiger partial charge >= 0.3 is 0 Å². The Kier molecular flexibility index (Phi) is 3.31. The molecule has 0 amide bonds. The molecule has 0 atom stereocenters. The largest absolute Gasteiger partial charge is 0.496 e. The maximum absolute atomic E-state index is 6.21. The molecule has 0 saturated heterocycles. The van der Waals surface area contributed by atoms with Crippen molar-refractivity contribution in [2.45, 2.75) is 33.2 Å². The predicted molar refractivity (Wildman–Crippen MR) is 64.7 cm³/mol. The molecule has 1 rings (SSSR count). The fourth-order valence-corrected chi connectivity index (χ4v) is 2.57. The lowest BCUT2D eigenvalue weighted by molar-refractivity contribution is 0.405. The van der Waals surface area contributed by atoms with Crippen LogP contribution in [0.2, 0.25) is 5.02 Å². The van der Waals surface area contributed by atoms with Crippen LogP contribution in [0.15, 0.2) is 6.07 Å². The average molecular weight is 228 g/mol. The van der Waals surface area contributed by atoms with Gasteiger partial charge in [-0.1, -0.05) is 11.6 Å². The van der Waals surface area contributed by atoms with Gasteiger partial charge < -0.3 is 10.5 Å². The molecule has 84 valence electrons. The average Bonchev–Trinajstić information content (AvgIpc) is 2.00. The van der Waals surface area contributed by atoms with E-state index in [1.54, 1.807) is 7.11 Å². The van der Waals surface area contributed by atoms with Crippen LogP contribution < -0.4 is 10.5 Å². The Morgan fingerprint density at radius 1 is 1.33 bits per heavy atom. The van der Waals surface area contributed by atoms with Crippen molar-refractivity contribution in [3.63, 3.8) is 0 Å². The number of rotatable bonds is 2. The number of halogens is 1. The SMILES string of the molecule is COc1c(C)cc(Cl)c(C(C)(C)N)c1C. The van der Waals surface area contributed by atoms with Crippen LogP contribution in [0.25, 0.3) is 0 Å². The highest BCUT2D eigenvalue weighted by atomic mass is 35.5. The topological polar surface area (TPSA) is 35.2 Å². The highest BCUT2D eigenvalue weighted by molar-refractivity contribution is 6.31. The quantitative estimate of drug-likeness (QED) is 0.843. The van der Waals surface area contributed by atoms with Gasteiger partial charge in [-0.15, -0.1) is 0 Å². The lowest BCUT2D eigenvalue weighted by Crippen LogP contribution is -2.30. The summed E-state index contributed by atoms with van der Waals surface area (Å²) >= 11 is 6.21. The summed E-state index contributed by atoms with van der Waals surface area (Å²) in [5.41, 5.74) is 8.64. The van der Waals surface area contributed by atoms with Gasteiger partial charge in [-0.3, -0.25) is 0 Å². The normalized spacial score (nSPS) is 11.7. The van der Waals surface area contributed by atoms with Gasteiger partial charge in [-0.25, -0.2) is 0 Å². The number of aryl methyl sites for hydroxylation is 1. The van der Waals surface area contributed by atoms with Gasteiger partial charge in [-0.05, 0) is 50.5 Å². The predicted octanol–water partition coefficient (Wildman–Crippen LogP) is 3.16. The Hall–Kier alpha value is -0.730. The first kappa shape index (κ1) is 12.3. The van der Waals surface area contributed by atoms with Gasteiger partial charge in [0.1, 0.15) is 5.75 Å². The molecule has 0 fully saturated rings. The molecule has 0 unspecified atom stereocenters. The maximum atomic E-state index is 6.21. The second-order valence-corrected chi connectivity index (χ2v) is 4.84. The Balaban J connectivity index is 3.53. The summed E-state index contributed by atoms with van der Waals surface area (Å²) in [6, 6.07) is 1.90. The Morgan fingerprint density at radius 2 is 1.87 bits per heavy atom. The molecule has 0 bridgehead atoms. The number of hydrogen-bond acceptors (Lipinski definition) is 2. The zero-order valence-corrected chi connectivity index (χ0v) is 10.7. The molecule has 1 aromatic rings. The minimum atomic E-state index is -0.456. The summed E-state index contributed by atoms with van der Waals surface area (Å²) in [5.74, 6) is 0.868. The van der Waals surface area contributed by atoms with E-state index in [0.717, 1.165) is 22.4 Å². The highest BCUT2D eigenvalue weighted by Gasteiger charge is 2.23. The summed E-state index contributed by atoms with van der Waals surface area (Å²) in [5, 5.41) is 0.707. The molecule has 0 aliphatic carbocycles. The molecule has 15 heavy (non-hydrogen) atoms. The van der Waals surface area contributed by atoms with E-state index < -0.39 is 5.54 Å². The molecule has 1 aromatic carbocycles. The van der Waals surface area contributed by atoms with Crippen molar-refractivity contribution in [2.24, 2.45) is 5.73 Å². The molecule has 0 aromatic heterocycles. The third-order valence-electron chi connectivity index (χ3n) is 2.50. The Labute approximate surface area is 96.4 Å². The Bertz CT molecular complexity index is 380. The van der Waals surface area contributed by atoms with Crippen LogP contribution in [0.4, 0.5) is 0 Å². The van der Waals surface area contributed by atoms with Gasteiger partial charge in [0.15, 0.2) is 0 Å². The lowest BCUT2D eigenvalue weighted by Gasteiger charge is -2.25. The van der Waals surface area contributed by atoms with E-state index >= 15 is 0 Å². The van der Waals surface area contributed by atoms with Gasteiger partial charge in [0.05, 0.1) is 7.11 Å². The summed E-state index contributed by atoms with van der Waals surface area (Å²) in [6.07, 6.45) is 0. The first-order valence-corrected chi connectivity index (χ1v) is 5.30. The van der Waals surface area contributed by atoms with Crippen LogP contribution in [0.5, 0.6) is 5.75 Å². The molecular weight excluding hydrogens is 210 g/mol. The van der Waals surface area contributed by atoms with E-state index in [0.29, 0.717) is 5.02 Å². The van der Waals surface area contributed by atoms with E-state index in [2.05, 4.69) is 0 Å². The van der Waals surface area contributed by atoms with E-state index in [1.807, 2.05) is 33.8 Å². The van der Waals surface area contributed by atoms with Gasteiger partial charge in [0.25, 0.3) is 0 Å². The van der Waals surface area contributed by atoms with Crippen LogP contribution in [-0.4, -0.2) is 7.11 Å². The first-order chi connectivity index (χ1) is 6.79. The van der Waals surface area contributed by atoms with Crippen LogP contribution in [0, 0.1) is 13.8 Å². The van der Waals surface area contributed by atoms with Crippen molar-refractivity contribution >= 4 is 11.6 Å². The van der Waals surface area contributed by atoms with Crippen LogP contribution >= 0.6 is 11.6 Å². The van der Waals surface area contributed by atoms with Crippen molar-refractivity contribution in [1.82, 2.24) is 0 Å². The van der Waals surface area contributed by atoms with Crippen LogP contribution in [0.1, 0.15) is 30.5 Å². The molecule has 2 N–H and O–H groups in total. The molecule has 2 nitrogen and oxygen atoms in total. The number of ether oxygens (including phenoxy) is 1. The van der Waals surface area contributed by atoms with Crippen molar-refractivity contribution < 1.29 is 4.74 Å². The van der Waals surface area contributed by atoms with Crippen molar-refractivity contribution in [2.75, 3.05) is 7.11 Å². The summed E-state index contributed by atoms with van der Waals surface area (Å²) < 4.78 is 5.35. The lowest BCUT2D eigenvalue weighted by atomic mass is 9.89. The maximum Gasteiger partial charge on any atom is 0.125 e. The molecule has 0 radical (unpaired) electrons. The first-order valence-electron chi connectivity index (χ1n) is 4.92. The zero-order chi connectivity index (χ0) is 11.8. The van der Waals surface area contributed by atoms with Gasteiger partial charge in [-0.2, -0.15) is 0 Å². The number of hydrogen-bond donors (Lipinski definition) is 1. The Morgan fingerprint density at radius 3 is 2.27 bits per heavy atom. The highest BCUT2D eigenvalue weighted by Crippen LogP contribution is 2.36. The minimum absolute atomic E-state index is 0.456. The fraction of sp³-hybridized carbons (Fsp3) is 0.500. The second-order valence-electron chi connectivity index (χ2n) is 4.43. The minimum Gasteiger partial charge on any atom is -0.496 e. The third kappa shape index (κ3) is 2.27. The second kappa shape index (κ2) is 4.03. The van der Waals surface area contributed by atoms with Crippen molar-refractivity contribution in [3.8, 4) is 5.75 Å². The van der Waals surface area contributed by atoms with Crippen LogP contribution in [-0.2, 0) is 5.54 Å². The molecular formula is C12H18ClNO. The fourth-order valence-electron chi connectivity index (χ4n) is 2.02. The summed E-state index contributed by atoms with van der Waals surface area (Å²) in [4.78, 5) is 0. The molecule has 0 heterocycles. The zero-order valence-electron chi connectivity index (χ0n) is 9.94. The third-order valence-corrected chi connectivity index (χ3v) is 2.80. The molecule has 3 heteroatoms. The van der Waals surface area contributed by atoms with Crippen molar-refractivity contribution in [1.29, 1.82) is 0 Å². The smallest absolute Gasteiger partial charge is 0.125 e. The van der Waals surface area contributed by atoms with Crippen molar-refractivity contribution in [3.05, 3.63) is 27.8 Å². The summed E-state index contributed by atoms with van der Waals surface area (Å²) in [7, 11) is 1.66. The monoisotopic (exact) mass is 227 g/mol. The molecule has 0 aliphatic heterocycles. The molecule has 0 aliphatic rings. The standard InChI is InChI=1S/C12H18ClNO/c1-7-6-9(13)10(12(3,4)14)8(2)11(7)15-5/h6H,14H2,1-5H3. The number of methoxy groups -OCH3 is 1. The van der Waals surface area contributed by atoms with Gasteiger partial charge in [0, 0.05) is 10.6 Å². The van der Waals surface area contributed by atoms with E-state index in [4.69, 9.17) is 22.1 Å². The van der Waals surface area contributed by atoms with E-state index in [1.165, 1.54) is 0 Å². The van der Waals surface area contributed by atoms with E-state index in [9.17, 15) is 0 Å².